The molecule has 1 aliphatic heterocycles. The maximum absolute atomic E-state index is 12.7. The number of likely N-dealkylation sites (tertiary alicyclic amines) is 1. The Balaban J connectivity index is 0.00000220. The predicted molar refractivity (Wildman–Crippen MR) is 85.7 cm³/mol. The molecule has 1 aromatic rings. The van der Waals surface area contributed by atoms with E-state index in [1.54, 1.807) is 0 Å². The third kappa shape index (κ3) is 4.14. The first-order valence-corrected chi connectivity index (χ1v) is 7.41. The maximum atomic E-state index is 12.7. The molecular weight excluding hydrogens is 288 g/mol. The number of amides is 1. The van der Waals surface area contributed by atoms with Gasteiger partial charge in [0.2, 0.25) is 0 Å². The Morgan fingerprint density at radius 3 is 2.86 bits per heavy atom. The van der Waals surface area contributed by atoms with Crippen LogP contribution in [0.5, 0.6) is 0 Å². The molecule has 2 rings (SSSR count). The number of hydrogen-bond acceptors (Lipinski definition) is 4. The summed E-state index contributed by atoms with van der Waals surface area (Å²) in [4.78, 5) is 14.6. The van der Waals surface area contributed by atoms with Gasteiger partial charge in [-0.2, -0.15) is 10.2 Å². The summed E-state index contributed by atoms with van der Waals surface area (Å²) in [6.45, 7) is 7.45. The Bertz CT molecular complexity index is 493. The first-order valence-electron chi connectivity index (χ1n) is 7.41. The summed E-state index contributed by atoms with van der Waals surface area (Å²) in [6.07, 6.45) is 2.85. The van der Waals surface area contributed by atoms with E-state index in [0.29, 0.717) is 11.5 Å². The average Bonchev–Trinajstić information content (AvgIpc) is 2.46. The van der Waals surface area contributed by atoms with E-state index in [-0.39, 0.29) is 24.4 Å². The second-order valence-electron chi connectivity index (χ2n) is 5.71. The number of nitrogens with two attached hydrogens (primary N) is 1. The van der Waals surface area contributed by atoms with Crippen molar-refractivity contribution in [2.45, 2.75) is 46.1 Å². The largest absolute Gasteiger partial charge is 0.338 e. The van der Waals surface area contributed by atoms with Crippen LogP contribution in [0.1, 0.15) is 48.4 Å². The molecule has 1 aromatic heterocycles. The first kappa shape index (κ1) is 17.9. The number of rotatable bonds is 3. The van der Waals surface area contributed by atoms with Crippen molar-refractivity contribution in [2.24, 2.45) is 11.7 Å². The molecule has 2 N–H and O–H groups in total. The number of carbonyl (C=O) groups is 1. The Morgan fingerprint density at radius 1 is 1.52 bits per heavy atom. The Hall–Kier alpha value is -1.20. The minimum atomic E-state index is 0. The molecular formula is C15H25ClN4O. The topological polar surface area (TPSA) is 72.1 Å². The summed E-state index contributed by atoms with van der Waals surface area (Å²) in [7, 11) is 0. The Morgan fingerprint density at radius 2 is 2.24 bits per heavy atom. The minimum Gasteiger partial charge on any atom is -0.338 e. The lowest BCUT2D eigenvalue weighted by molar-refractivity contribution is 0.0659. The van der Waals surface area contributed by atoms with Gasteiger partial charge in [0, 0.05) is 19.1 Å². The second-order valence-corrected chi connectivity index (χ2v) is 5.71. The van der Waals surface area contributed by atoms with E-state index in [9.17, 15) is 4.79 Å². The molecule has 0 aromatic carbocycles. The van der Waals surface area contributed by atoms with E-state index >= 15 is 0 Å². The highest BCUT2D eigenvalue weighted by Gasteiger charge is 2.27. The van der Waals surface area contributed by atoms with Crippen molar-refractivity contribution in [3.05, 3.63) is 23.0 Å². The summed E-state index contributed by atoms with van der Waals surface area (Å²) in [6, 6.07) is 1.98. The molecule has 6 heteroatoms. The quantitative estimate of drug-likeness (QED) is 0.926. The van der Waals surface area contributed by atoms with Gasteiger partial charge in [0.1, 0.15) is 0 Å². The van der Waals surface area contributed by atoms with Crippen molar-refractivity contribution in [2.75, 3.05) is 13.1 Å². The number of halogens is 1. The van der Waals surface area contributed by atoms with Crippen molar-refractivity contribution >= 4 is 18.3 Å². The SMILES string of the molecule is CCc1nnc(C)cc1C(=O)N1CCCC(C(C)N)C1.Cl. The maximum Gasteiger partial charge on any atom is 0.255 e. The summed E-state index contributed by atoms with van der Waals surface area (Å²) in [5.74, 6) is 0.471. The van der Waals surface area contributed by atoms with E-state index in [1.165, 1.54) is 0 Å². The molecule has 1 amide bonds. The summed E-state index contributed by atoms with van der Waals surface area (Å²) >= 11 is 0. The number of nitrogens with zero attached hydrogens (tertiary/aromatic N) is 3. The zero-order valence-electron chi connectivity index (χ0n) is 13.0. The summed E-state index contributed by atoms with van der Waals surface area (Å²) in [5.41, 5.74) is 8.25. The van der Waals surface area contributed by atoms with Crippen LogP contribution in [-0.2, 0) is 6.42 Å². The molecule has 2 unspecified atom stereocenters. The molecule has 0 aliphatic carbocycles. The number of carbonyl (C=O) groups excluding carboxylic acids is 1. The highest BCUT2D eigenvalue weighted by atomic mass is 35.5. The van der Waals surface area contributed by atoms with Crippen LogP contribution in [0, 0.1) is 12.8 Å². The lowest BCUT2D eigenvalue weighted by Crippen LogP contribution is -2.45. The Kier molecular flexibility index (Phi) is 6.55. The van der Waals surface area contributed by atoms with Crippen LogP contribution in [0.25, 0.3) is 0 Å². The standard InChI is InChI=1S/C15H24N4O.ClH/c1-4-14-13(8-10(2)17-18-14)15(20)19-7-5-6-12(9-19)11(3)16;/h8,11-12H,4-7,9,16H2,1-3H3;1H. The minimum absolute atomic E-state index is 0. The molecule has 5 nitrogen and oxygen atoms in total. The molecule has 0 bridgehead atoms. The van der Waals surface area contributed by atoms with E-state index in [0.717, 1.165) is 43.7 Å². The van der Waals surface area contributed by atoms with Crippen LogP contribution in [0.2, 0.25) is 0 Å². The molecule has 118 valence electrons. The number of aromatic nitrogens is 2. The Labute approximate surface area is 132 Å². The fraction of sp³-hybridized carbons (Fsp3) is 0.667. The molecule has 0 spiro atoms. The summed E-state index contributed by atoms with van der Waals surface area (Å²) in [5, 5.41) is 8.19. The van der Waals surface area contributed by atoms with Crippen molar-refractivity contribution in [1.29, 1.82) is 0 Å². The van der Waals surface area contributed by atoms with Gasteiger partial charge in [-0.25, -0.2) is 0 Å². The van der Waals surface area contributed by atoms with Crippen molar-refractivity contribution in [3.8, 4) is 0 Å². The van der Waals surface area contributed by atoms with Crippen LogP contribution >= 0.6 is 12.4 Å². The average molecular weight is 313 g/mol. The van der Waals surface area contributed by atoms with Crippen LogP contribution in [0.15, 0.2) is 6.07 Å². The summed E-state index contributed by atoms with van der Waals surface area (Å²) < 4.78 is 0. The molecule has 1 aliphatic rings. The predicted octanol–water partition coefficient (Wildman–Crippen LogP) is 1.97. The molecule has 0 radical (unpaired) electrons. The van der Waals surface area contributed by atoms with Gasteiger partial charge in [-0.1, -0.05) is 6.92 Å². The molecule has 2 heterocycles. The molecule has 2 atom stereocenters. The molecule has 21 heavy (non-hydrogen) atoms. The van der Waals surface area contributed by atoms with Gasteiger partial charge in [0.05, 0.1) is 17.0 Å². The van der Waals surface area contributed by atoms with Crippen LogP contribution < -0.4 is 5.73 Å². The monoisotopic (exact) mass is 312 g/mol. The number of aryl methyl sites for hydroxylation is 2. The van der Waals surface area contributed by atoms with Crippen LogP contribution in [0.4, 0.5) is 0 Å². The lowest BCUT2D eigenvalue weighted by atomic mass is 9.91. The smallest absolute Gasteiger partial charge is 0.255 e. The van der Waals surface area contributed by atoms with Gasteiger partial charge in [-0.3, -0.25) is 4.79 Å². The van der Waals surface area contributed by atoms with Gasteiger partial charge < -0.3 is 10.6 Å². The molecule has 1 fully saturated rings. The fourth-order valence-electron chi connectivity index (χ4n) is 2.75. The lowest BCUT2D eigenvalue weighted by Gasteiger charge is -2.34. The highest BCUT2D eigenvalue weighted by molar-refractivity contribution is 5.95. The zero-order valence-corrected chi connectivity index (χ0v) is 13.8. The fourth-order valence-corrected chi connectivity index (χ4v) is 2.75. The third-order valence-electron chi connectivity index (χ3n) is 4.05. The second kappa shape index (κ2) is 7.71. The third-order valence-corrected chi connectivity index (χ3v) is 4.05. The van der Waals surface area contributed by atoms with Gasteiger partial charge in [-0.05, 0) is 45.1 Å². The van der Waals surface area contributed by atoms with Crippen LogP contribution in [0.3, 0.4) is 0 Å². The van der Waals surface area contributed by atoms with Crippen molar-refractivity contribution < 1.29 is 4.79 Å². The van der Waals surface area contributed by atoms with E-state index in [1.807, 2.05) is 31.7 Å². The van der Waals surface area contributed by atoms with E-state index in [4.69, 9.17) is 5.73 Å². The van der Waals surface area contributed by atoms with Crippen molar-refractivity contribution in [1.82, 2.24) is 15.1 Å². The number of hydrogen-bond donors (Lipinski definition) is 1. The van der Waals surface area contributed by atoms with Crippen molar-refractivity contribution in [3.63, 3.8) is 0 Å². The first-order chi connectivity index (χ1) is 9.52. The normalized spacial score (nSPS) is 19.8. The van der Waals surface area contributed by atoms with Gasteiger partial charge in [0.25, 0.3) is 5.91 Å². The molecule has 0 saturated carbocycles. The van der Waals surface area contributed by atoms with E-state index < -0.39 is 0 Å². The highest BCUT2D eigenvalue weighted by Crippen LogP contribution is 2.21. The number of piperidine rings is 1. The van der Waals surface area contributed by atoms with E-state index in [2.05, 4.69) is 10.2 Å². The van der Waals surface area contributed by atoms with Gasteiger partial charge in [0.15, 0.2) is 0 Å². The van der Waals surface area contributed by atoms with Gasteiger partial charge >= 0.3 is 0 Å². The van der Waals surface area contributed by atoms with Crippen LogP contribution in [-0.4, -0.2) is 40.1 Å². The van der Waals surface area contributed by atoms with Gasteiger partial charge in [-0.15, -0.1) is 12.4 Å². The zero-order chi connectivity index (χ0) is 14.7. The molecule has 1 saturated heterocycles.